The topological polar surface area (TPSA) is 15.3 Å². The molecular weight excluding hydrogens is 208 g/mol. The first-order chi connectivity index (χ1) is 8.36. The number of hydrogen-bond acceptors (Lipinski definition) is 2. The second-order valence-electron chi connectivity index (χ2n) is 4.18. The van der Waals surface area contributed by atoms with Crippen LogP contribution in [0.2, 0.25) is 0 Å². The molecule has 1 N–H and O–H groups in total. The van der Waals surface area contributed by atoms with Gasteiger partial charge in [-0.2, -0.15) is 0 Å². The van der Waals surface area contributed by atoms with Crippen molar-refractivity contribution in [1.82, 2.24) is 5.32 Å². The molecule has 0 amide bonds. The lowest BCUT2D eigenvalue weighted by Crippen LogP contribution is -2.30. The molecule has 0 spiro atoms. The van der Waals surface area contributed by atoms with E-state index in [1.807, 2.05) is 7.05 Å². The number of hydrogen-bond donors (Lipinski definition) is 1. The highest BCUT2D eigenvalue weighted by atomic mass is 15.1. The van der Waals surface area contributed by atoms with Crippen molar-refractivity contribution in [3.8, 4) is 0 Å². The van der Waals surface area contributed by atoms with E-state index in [0.717, 1.165) is 19.6 Å². The third-order valence-corrected chi connectivity index (χ3v) is 3.12. The molecule has 2 heteroatoms. The van der Waals surface area contributed by atoms with Crippen molar-refractivity contribution in [2.75, 3.05) is 31.6 Å². The van der Waals surface area contributed by atoms with Gasteiger partial charge < -0.3 is 10.2 Å². The zero-order valence-corrected chi connectivity index (χ0v) is 10.6. The molecule has 0 saturated heterocycles. The van der Waals surface area contributed by atoms with Crippen LogP contribution in [0, 0.1) is 0 Å². The van der Waals surface area contributed by atoms with Gasteiger partial charge in [0.15, 0.2) is 0 Å². The van der Waals surface area contributed by atoms with Crippen molar-refractivity contribution in [3.63, 3.8) is 0 Å². The first kappa shape index (κ1) is 11.9. The summed E-state index contributed by atoms with van der Waals surface area (Å²) in [5, 5.41) is 5.86. The van der Waals surface area contributed by atoms with Crippen molar-refractivity contribution in [3.05, 3.63) is 42.5 Å². The standard InChI is InChI=1S/C15H20N2/c1-3-17(12-11-16-2)15-10-6-8-13-7-4-5-9-14(13)15/h4-10,16H,3,11-12H2,1-2H3. The molecule has 0 aliphatic heterocycles. The summed E-state index contributed by atoms with van der Waals surface area (Å²) < 4.78 is 0. The Morgan fingerprint density at radius 1 is 1.06 bits per heavy atom. The van der Waals surface area contributed by atoms with Gasteiger partial charge in [0.05, 0.1) is 0 Å². The van der Waals surface area contributed by atoms with Gasteiger partial charge in [0, 0.05) is 30.7 Å². The number of rotatable bonds is 5. The Hall–Kier alpha value is -1.54. The third-order valence-electron chi connectivity index (χ3n) is 3.12. The number of benzene rings is 2. The van der Waals surface area contributed by atoms with E-state index < -0.39 is 0 Å². The SMILES string of the molecule is CCN(CCNC)c1cccc2ccccc12. The first-order valence-corrected chi connectivity index (χ1v) is 6.24. The van der Waals surface area contributed by atoms with Crippen LogP contribution in [0.4, 0.5) is 5.69 Å². The highest BCUT2D eigenvalue weighted by Crippen LogP contribution is 2.26. The Morgan fingerprint density at radius 3 is 2.59 bits per heavy atom. The summed E-state index contributed by atoms with van der Waals surface area (Å²) >= 11 is 0. The van der Waals surface area contributed by atoms with Crippen LogP contribution in [0.25, 0.3) is 10.8 Å². The first-order valence-electron chi connectivity index (χ1n) is 6.24. The lowest BCUT2D eigenvalue weighted by Gasteiger charge is -2.24. The van der Waals surface area contributed by atoms with Gasteiger partial charge in [-0.05, 0) is 25.4 Å². The molecule has 0 heterocycles. The van der Waals surface area contributed by atoms with Gasteiger partial charge in [0.25, 0.3) is 0 Å². The van der Waals surface area contributed by atoms with Gasteiger partial charge in [0.2, 0.25) is 0 Å². The molecule has 0 saturated carbocycles. The molecule has 0 radical (unpaired) electrons. The molecule has 0 fully saturated rings. The van der Waals surface area contributed by atoms with Crippen molar-refractivity contribution in [2.45, 2.75) is 6.92 Å². The van der Waals surface area contributed by atoms with E-state index in [4.69, 9.17) is 0 Å². The third kappa shape index (κ3) is 2.59. The van der Waals surface area contributed by atoms with E-state index in [1.165, 1.54) is 16.5 Å². The van der Waals surface area contributed by atoms with Crippen LogP contribution in [0.1, 0.15) is 6.92 Å². The van der Waals surface area contributed by atoms with Crippen molar-refractivity contribution in [1.29, 1.82) is 0 Å². The maximum atomic E-state index is 3.21. The van der Waals surface area contributed by atoms with Crippen LogP contribution in [-0.4, -0.2) is 26.7 Å². The lowest BCUT2D eigenvalue weighted by molar-refractivity contribution is 0.738. The molecule has 90 valence electrons. The van der Waals surface area contributed by atoms with E-state index in [0.29, 0.717) is 0 Å². The second-order valence-corrected chi connectivity index (χ2v) is 4.18. The minimum absolute atomic E-state index is 1.01. The molecule has 0 aliphatic rings. The summed E-state index contributed by atoms with van der Waals surface area (Å²) in [4.78, 5) is 2.42. The van der Waals surface area contributed by atoms with E-state index in [9.17, 15) is 0 Å². The van der Waals surface area contributed by atoms with Crippen LogP contribution in [0.3, 0.4) is 0 Å². The largest absolute Gasteiger partial charge is 0.370 e. The molecule has 17 heavy (non-hydrogen) atoms. The summed E-state index contributed by atoms with van der Waals surface area (Å²) in [6.45, 7) is 5.30. The maximum absolute atomic E-state index is 3.21. The zero-order chi connectivity index (χ0) is 12.1. The van der Waals surface area contributed by atoms with E-state index >= 15 is 0 Å². The van der Waals surface area contributed by atoms with E-state index in [-0.39, 0.29) is 0 Å². The van der Waals surface area contributed by atoms with Crippen molar-refractivity contribution >= 4 is 16.5 Å². The quantitative estimate of drug-likeness (QED) is 0.846. The predicted molar refractivity (Wildman–Crippen MR) is 75.8 cm³/mol. The molecule has 2 aromatic carbocycles. The van der Waals surface area contributed by atoms with E-state index in [2.05, 4.69) is 59.6 Å². The van der Waals surface area contributed by atoms with Crippen LogP contribution in [0.5, 0.6) is 0 Å². The highest BCUT2D eigenvalue weighted by molar-refractivity contribution is 5.94. The fourth-order valence-corrected chi connectivity index (χ4v) is 2.18. The molecular formula is C15H20N2. The van der Waals surface area contributed by atoms with Crippen molar-refractivity contribution < 1.29 is 0 Å². The van der Waals surface area contributed by atoms with Crippen LogP contribution in [-0.2, 0) is 0 Å². The van der Waals surface area contributed by atoms with Crippen LogP contribution >= 0.6 is 0 Å². The summed E-state index contributed by atoms with van der Waals surface area (Å²) in [5.74, 6) is 0. The minimum Gasteiger partial charge on any atom is -0.370 e. The number of likely N-dealkylation sites (N-methyl/N-ethyl adjacent to an activating group) is 2. The van der Waals surface area contributed by atoms with Gasteiger partial charge in [-0.1, -0.05) is 36.4 Å². The average molecular weight is 228 g/mol. The Balaban J connectivity index is 2.38. The molecule has 2 nitrogen and oxygen atoms in total. The smallest absolute Gasteiger partial charge is 0.0446 e. The molecule has 0 aromatic heterocycles. The summed E-state index contributed by atoms with van der Waals surface area (Å²) in [6.07, 6.45) is 0. The highest BCUT2D eigenvalue weighted by Gasteiger charge is 2.06. The zero-order valence-electron chi connectivity index (χ0n) is 10.6. The van der Waals surface area contributed by atoms with Gasteiger partial charge in [-0.25, -0.2) is 0 Å². The predicted octanol–water partition coefficient (Wildman–Crippen LogP) is 2.89. The van der Waals surface area contributed by atoms with Crippen LogP contribution < -0.4 is 10.2 Å². The fraction of sp³-hybridized carbons (Fsp3) is 0.333. The fourth-order valence-electron chi connectivity index (χ4n) is 2.18. The summed E-state index contributed by atoms with van der Waals surface area (Å²) in [7, 11) is 2.00. The number of nitrogens with one attached hydrogen (secondary N) is 1. The molecule has 0 bridgehead atoms. The Bertz CT molecular complexity index is 474. The number of fused-ring (bicyclic) bond motifs is 1. The molecule has 2 rings (SSSR count). The maximum Gasteiger partial charge on any atom is 0.0446 e. The van der Waals surface area contributed by atoms with E-state index in [1.54, 1.807) is 0 Å². The molecule has 0 unspecified atom stereocenters. The average Bonchev–Trinajstić information content (AvgIpc) is 2.40. The second kappa shape index (κ2) is 5.69. The van der Waals surface area contributed by atoms with Crippen LogP contribution in [0.15, 0.2) is 42.5 Å². The lowest BCUT2D eigenvalue weighted by atomic mass is 10.1. The number of nitrogens with zero attached hydrogens (tertiary/aromatic N) is 1. The van der Waals surface area contributed by atoms with Gasteiger partial charge in [-0.3, -0.25) is 0 Å². The minimum atomic E-state index is 1.01. The Morgan fingerprint density at radius 2 is 1.82 bits per heavy atom. The van der Waals surface area contributed by atoms with Crippen molar-refractivity contribution in [2.24, 2.45) is 0 Å². The Kier molecular flexibility index (Phi) is 3.99. The van der Waals surface area contributed by atoms with Gasteiger partial charge in [-0.15, -0.1) is 0 Å². The number of anilines is 1. The monoisotopic (exact) mass is 228 g/mol. The molecule has 0 atom stereocenters. The van der Waals surface area contributed by atoms with Gasteiger partial charge in [0.1, 0.15) is 0 Å². The normalized spacial score (nSPS) is 10.7. The molecule has 2 aromatic rings. The Labute approximate surface area is 103 Å². The summed E-state index contributed by atoms with van der Waals surface area (Å²) in [6, 6.07) is 15.1. The van der Waals surface area contributed by atoms with Gasteiger partial charge >= 0.3 is 0 Å². The summed E-state index contributed by atoms with van der Waals surface area (Å²) in [5.41, 5.74) is 1.33. The molecule has 0 aliphatic carbocycles.